The van der Waals surface area contributed by atoms with Gasteiger partial charge in [0.05, 0.1) is 16.1 Å². The van der Waals surface area contributed by atoms with Gasteiger partial charge in [0.15, 0.2) is 5.83 Å². The van der Waals surface area contributed by atoms with E-state index in [2.05, 4.69) is 9.27 Å². The number of aromatic nitrogens is 1. The molecule has 0 aliphatic carbocycles. The van der Waals surface area contributed by atoms with Crippen LogP contribution in [0, 0.1) is 0 Å². The normalized spacial score (nSPS) is 13.2. The highest BCUT2D eigenvalue weighted by Crippen LogP contribution is 2.39. The van der Waals surface area contributed by atoms with Crippen molar-refractivity contribution in [2.75, 3.05) is 11.1 Å². The third kappa shape index (κ3) is 5.42. The predicted molar refractivity (Wildman–Crippen MR) is 137 cm³/mol. The molecule has 7 nitrogen and oxygen atoms in total. The molecule has 0 aliphatic rings. The van der Waals surface area contributed by atoms with Crippen LogP contribution in [0.3, 0.4) is 0 Å². The van der Waals surface area contributed by atoms with Gasteiger partial charge in [-0.1, -0.05) is 36.4 Å². The van der Waals surface area contributed by atoms with Gasteiger partial charge >= 0.3 is 6.18 Å². The minimum absolute atomic E-state index is 0.0332. The van der Waals surface area contributed by atoms with E-state index in [0.29, 0.717) is 10.9 Å². The topological polar surface area (TPSA) is 120 Å². The number of pyridine rings is 1. The smallest absolute Gasteiger partial charge is 0.383 e. The van der Waals surface area contributed by atoms with Crippen molar-refractivity contribution < 1.29 is 30.8 Å². The number of hydrogen-bond donors (Lipinski definition) is 3. The lowest BCUT2D eigenvalue weighted by molar-refractivity contribution is -0.136. The third-order valence-corrected chi connectivity index (χ3v) is 6.69. The molecule has 1 heterocycles. The van der Waals surface area contributed by atoms with Gasteiger partial charge in [-0.2, -0.15) is 23.4 Å². The fourth-order valence-corrected chi connectivity index (χ4v) is 4.51. The molecule has 3 aromatic carbocycles. The first-order valence-electron chi connectivity index (χ1n) is 10.9. The van der Waals surface area contributed by atoms with E-state index in [-0.39, 0.29) is 27.4 Å². The summed E-state index contributed by atoms with van der Waals surface area (Å²) in [5.74, 6) is 2.55. The second-order valence-corrected chi connectivity index (χ2v) is 9.21. The minimum atomic E-state index is -4.91. The molecule has 12 heteroatoms. The number of nitrogens with zero attached hydrogens (tertiary/aromatic N) is 1. The van der Waals surface area contributed by atoms with Crippen molar-refractivity contribution in [2.24, 2.45) is 5.90 Å². The maximum absolute atomic E-state index is 15.1. The first-order valence-corrected chi connectivity index (χ1v) is 12.0. The van der Waals surface area contributed by atoms with E-state index >= 15 is 4.39 Å². The lowest BCUT2D eigenvalue weighted by atomic mass is 10.0. The van der Waals surface area contributed by atoms with Gasteiger partial charge in [-0.25, -0.2) is 13.6 Å². The fourth-order valence-electron chi connectivity index (χ4n) is 3.86. The molecule has 0 fully saturated rings. The number of amides is 1. The van der Waals surface area contributed by atoms with E-state index in [1.807, 2.05) is 5.32 Å². The van der Waals surface area contributed by atoms with Gasteiger partial charge in [-0.15, -0.1) is 0 Å². The summed E-state index contributed by atoms with van der Waals surface area (Å²) in [5, 5.41) is 3.29. The number of fused-ring (bicyclic) bond motifs is 1. The van der Waals surface area contributed by atoms with E-state index in [4.69, 9.17) is 11.6 Å². The Labute approximate surface area is 216 Å². The van der Waals surface area contributed by atoms with Crippen LogP contribution < -0.4 is 16.9 Å². The SMILES string of the molecule is CC(=C(F)C(=O)Nc1ccc(-c2ccccc2S(=O)ON)cc1C(F)(F)F)c1ccc2ccnc(N)c2c1. The monoisotopic (exact) mass is 544 g/mol. The average molecular weight is 545 g/mol. The van der Waals surface area contributed by atoms with E-state index in [1.54, 1.807) is 24.3 Å². The van der Waals surface area contributed by atoms with Crippen molar-refractivity contribution in [2.45, 2.75) is 18.0 Å². The third-order valence-electron chi connectivity index (χ3n) is 5.80. The van der Waals surface area contributed by atoms with E-state index in [9.17, 15) is 22.2 Å². The zero-order chi connectivity index (χ0) is 27.6. The number of rotatable bonds is 6. The van der Waals surface area contributed by atoms with Crippen LogP contribution in [0.15, 0.2) is 83.6 Å². The van der Waals surface area contributed by atoms with Crippen LogP contribution in [-0.4, -0.2) is 15.1 Å². The van der Waals surface area contributed by atoms with Crippen molar-refractivity contribution in [1.82, 2.24) is 4.98 Å². The summed E-state index contributed by atoms with van der Waals surface area (Å²) in [6.07, 6.45) is -3.39. The number of carbonyl (C=O) groups is 1. The zero-order valence-electron chi connectivity index (χ0n) is 19.7. The van der Waals surface area contributed by atoms with Crippen molar-refractivity contribution in [1.29, 1.82) is 0 Å². The summed E-state index contributed by atoms with van der Waals surface area (Å²) in [6.45, 7) is 1.33. The highest BCUT2D eigenvalue weighted by Gasteiger charge is 2.35. The average Bonchev–Trinajstić information content (AvgIpc) is 2.91. The summed E-state index contributed by atoms with van der Waals surface area (Å²) in [6, 6.07) is 15.4. The Bertz CT molecular complexity index is 1610. The van der Waals surface area contributed by atoms with Crippen molar-refractivity contribution in [3.8, 4) is 11.1 Å². The Hall–Kier alpha value is -4.13. The standard InChI is InChI=1S/C26H20F4N4O3S/c1-14(16-7-6-15-10-11-33-24(31)19(15)12-16)23(27)25(35)34-21-9-8-17(13-20(21)26(28,29)30)18-4-2-3-5-22(18)38(36)37-32/h2-13H,32H2,1H3,(H2,31,33)(H,34,35). The Kier molecular flexibility index (Phi) is 7.58. The van der Waals surface area contributed by atoms with Crippen LogP contribution in [0.4, 0.5) is 29.1 Å². The summed E-state index contributed by atoms with van der Waals surface area (Å²) in [5.41, 5.74) is 4.40. The lowest BCUT2D eigenvalue weighted by Gasteiger charge is -2.16. The first kappa shape index (κ1) is 26.9. The largest absolute Gasteiger partial charge is 0.418 e. The number of benzene rings is 3. The van der Waals surface area contributed by atoms with Crippen LogP contribution in [0.25, 0.3) is 27.5 Å². The number of nitrogens with two attached hydrogens (primary N) is 2. The molecule has 0 bridgehead atoms. The summed E-state index contributed by atoms with van der Waals surface area (Å²) in [7, 11) is 0. The fraction of sp³-hybridized carbons (Fsp3) is 0.0769. The van der Waals surface area contributed by atoms with Gasteiger partial charge in [0, 0.05) is 17.1 Å². The van der Waals surface area contributed by atoms with Crippen LogP contribution in [0.1, 0.15) is 18.1 Å². The molecule has 1 aromatic heterocycles. The van der Waals surface area contributed by atoms with Gasteiger partial charge in [0.2, 0.25) is 11.1 Å². The quantitative estimate of drug-likeness (QED) is 0.161. The number of hydrogen-bond acceptors (Lipinski definition) is 6. The summed E-state index contributed by atoms with van der Waals surface area (Å²) < 4.78 is 73.3. The number of nitrogen functional groups attached to an aromatic ring is 1. The van der Waals surface area contributed by atoms with Crippen molar-refractivity contribution in [3.63, 3.8) is 0 Å². The molecule has 1 unspecified atom stereocenters. The molecule has 0 radical (unpaired) electrons. The number of nitrogens with one attached hydrogen (secondary N) is 1. The van der Waals surface area contributed by atoms with Crippen molar-refractivity contribution >= 4 is 44.8 Å². The van der Waals surface area contributed by atoms with Crippen LogP contribution in [0.2, 0.25) is 0 Å². The molecule has 196 valence electrons. The molecule has 0 aliphatic heterocycles. The Balaban J connectivity index is 1.70. The Morgan fingerprint density at radius 2 is 1.79 bits per heavy atom. The maximum atomic E-state index is 15.1. The number of halogens is 4. The second kappa shape index (κ2) is 10.7. The molecular weight excluding hydrogens is 524 g/mol. The molecule has 0 saturated heterocycles. The maximum Gasteiger partial charge on any atom is 0.418 e. The van der Waals surface area contributed by atoms with Crippen LogP contribution in [0.5, 0.6) is 0 Å². The molecule has 0 spiro atoms. The molecule has 4 aromatic rings. The molecule has 4 rings (SSSR count). The minimum Gasteiger partial charge on any atom is -0.383 e. The van der Waals surface area contributed by atoms with Crippen molar-refractivity contribution in [3.05, 3.63) is 89.9 Å². The summed E-state index contributed by atoms with van der Waals surface area (Å²) in [4.78, 5) is 16.7. The Morgan fingerprint density at radius 3 is 2.50 bits per heavy atom. The van der Waals surface area contributed by atoms with E-state index < -0.39 is 40.2 Å². The highest BCUT2D eigenvalue weighted by molar-refractivity contribution is 7.80. The van der Waals surface area contributed by atoms with Gasteiger partial charge in [-0.05, 0) is 59.3 Å². The molecule has 5 N–H and O–H groups in total. The molecule has 0 saturated carbocycles. The second-order valence-electron chi connectivity index (χ2n) is 8.11. The highest BCUT2D eigenvalue weighted by atomic mass is 32.2. The van der Waals surface area contributed by atoms with Crippen LogP contribution >= 0.6 is 0 Å². The first-order chi connectivity index (χ1) is 18.0. The van der Waals surface area contributed by atoms with E-state index in [0.717, 1.165) is 17.5 Å². The van der Waals surface area contributed by atoms with E-state index in [1.165, 1.54) is 43.5 Å². The van der Waals surface area contributed by atoms with Gasteiger partial charge in [0.25, 0.3) is 5.91 Å². The number of carbonyl (C=O) groups excluding carboxylic acids is 1. The Morgan fingerprint density at radius 1 is 1.05 bits per heavy atom. The molecule has 1 atom stereocenters. The number of alkyl halides is 3. The molecule has 1 amide bonds. The van der Waals surface area contributed by atoms with Gasteiger partial charge in [0.1, 0.15) is 5.82 Å². The number of allylic oxidation sites excluding steroid dienone is 1. The van der Waals surface area contributed by atoms with Crippen LogP contribution in [-0.2, 0) is 26.3 Å². The molecule has 38 heavy (non-hydrogen) atoms. The molecular formula is C26H20F4N4O3S. The van der Waals surface area contributed by atoms with Gasteiger partial charge < -0.3 is 11.1 Å². The zero-order valence-corrected chi connectivity index (χ0v) is 20.5. The number of anilines is 2. The predicted octanol–water partition coefficient (Wildman–Crippen LogP) is 5.75. The van der Waals surface area contributed by atoms with Gasteiger partial charge in [-0.3, -0.25) is 4.79 Å². The lowest BCUT2D eigenvalue weighted by Crippen LogP contribution is -2.17. The summed E-state index contributed by atoms with van der Waals surface area (Å²) >= 11 is -2.13.